The molecule has 0 bridgehead atoms. The minimum absolute atomic E-state index is 0.152. The highest BCUT2D eigenvalue weighted by Gasteiger charge is 2.27. The zero-order chi connectivity index (χ0) is 14.1. The molecule has 8 nitrogen and oxygen atoms in total. The summed E-state index contributed by atoms with van der Waals surface area (Å²) in [6.45, 7) is 0. The molecule has 0 saturated heterocycles. The third-order valence-corrected chi connectivity index (χ3v) is 2.90. The van der Waals surface area contributed by atoms with Crippen LogP contribution in [0.25, 0.3) is 0 Å². The minimum atomic E-state index is -0.590. The van der Waals surface area contributed by atoms with E-state index in [1.54, 1.807) is 24.5 Å². The van der Waals surface area contributed by atoms with Crippen molar-refractivity contribution in [2.24, 2.45) is 0 Å². The summed E-state index contributed by atoms with van der Waals surface area (Å²) in [6.07, 6.45) is 3.90. The van der Waals surface area contributed by atoms with E-state index in [1.807, 2.05) is 0 Å². The van der Waals surface area contributed by atoms with E-state index in [-0.39, 0.29) is 11.3 Å². The van der Waals surface area contributed by atoms with Crippen LogP contribution in [0.5, 0.6) is 0 Å². The van der Waals surface area contributed by atoms with E-state index in [2.05, 4.69) is 20.6 Å². The normalized spacial score (nSPS) is 16.8. The molecule has 2 N–H and O–H groups in total. The maximum absolute atomic E-state index is 12.0. The molecule has 0 saturated carbocycles. The summed E-state index contributed by atoms with van der Waals surface area (Å²) in [4.78, 5) is 30.0. The van der Waals surface area contributed by atoms with Gasteiger partial charge in [0.05, 0.1) is 10.5 Å². The summed E-state index contributed by atoms with van der Waals surface area (Å²) in [5, 5.41) is 16.4. The summed E-state index contributed by atoms with van der Waals surface area (Å²) in [7, 11) is 0. The summed E-state index contributed by atoms with van der Waals surface area (Å²) in [6, 6.07) is 4.76. The summed E-state index contributed by atoms with van der Waals surface area (Å²) >= 11 is 0. The van der Waals surface area contributed by atoms with Crippen LogP contribution >= 0.6 is 0 Å². The number of aromatic nitrogens is 2. The Kier molecular flexibility index (Phi) is 2.75. The Balaban J connectivity index is 1.96. The number of hydrogen-bond acceptors (Lipinski definition) is 6. The molecule has 0 fully saturated rings. The van der Waals surface area contributed by atoms with Gasteiger partial charge in [-0.15, -0.1) is 0 Å². The first-order chi connectivity index (χ1) is 9.65. The van der Waals surface area contributed by atoms with Crippen molar-refractivity contribution in [3.05, 3.63) is 58.0 Å². The maximum atomic E-state index is 12.0. The Bertz CT molecular complexity index is 689. The van der Waals surface area contributed by atoms with Crippen molar-refractivity contribution in [2.75, 3.05) is 5.32 Å². The smallest absolute Gasteiger partial charge is 0.288 e. The number of fused-ring (bicyclic) bond motifs is 1. The molecule has 3 rings (SSSR count). The summed E-state index contributed by atoms with van der Waals surface area (Å²) < 4.78 is 0. The highest BCUT2D eigenvalue weighted by molar-refractivity contribution is 6.01. The fraction of sp³-hybridized carbons (Fsp3) is 0.0833. The van der Waals surface area contributed by atoms with Crippen molar-refractivity contribution in [2.45, 2.75) is 6.17 Å². The van der Waals surface area contributed by atoms with Crippen molar-refractivity contribution in [3.8, 4) is 0 Å². The van der Waals surface area contributed by atoms with Crippen LogP contribution in [-0.2, 0) is 0 Å². The van der Waals surface area contributed by atoms with E-state index in [0.717, 1.165) is 11.8 Å². The molecular formula is C12H9N5O3. The molecule has 1 atom stereocenters. The van der Waals surface area contributed by atoms with Crippen LogP contribution in [0.15, 0.2) is 36.8 Å². The maximum Gasteiger partial charge on any atom is 0.288 e. The van der Waals surface area contributed by atoms with E-state index >= 15 is 0 Å². The molecule has 2 aromatic rings. The predicted molar refractivity (Wildman–Crippen MR) is 69.0 cm³/mol. The molecule has 100 valence electrons. The van der Waals surface area contributed by atoms with Gasteiger partial charge in [0.1, 0.15) is 18.2 Å². The summed E-state index contributed by atoms with van der Waals surface area (Å²) in [5.41, 5.74) is 0.700. The average Bonchev–Trinajstić information content (AvgIpc) is 2.47. The Morgan fingerprint density at radius 1 is 1.30 bits per heavy atom. The third kappa shape index (κ3) is 2.03. The fourth-order valence-corrected chi connectivity index (χ4v) is 1.94. The highest BCUT2D eigenvalue weighted by atomic mass is 16.6. The second kappa shape index (κ2) is 4.57. The monoisotopic (exact) mass is 271 g/mol. The average molecular weight is 271 g/mol. The lowest BCUT2D eigenvalue weighted by atomic mass is 10.1. The number of carbonyl (C=O) groups excluding carboxylic acids is 1. The number of anilines is 1. The molecule has 1 unspecified atom stereocenters. The van der Waals surface area contributed by atoms with Crippen molar-refractivity contribution in [1.29, 1.82) is 0 Å². The molecule has 1 aliphatic heterocycles. The Morgan fingerprint density at radius 2 is 2.15 bits per heavy atom. The van der Waals surface area contributed by atoms with Crippen molar-refractivity contribution >= 4 is 17.4 Å². The topological polar surface area (TPSA) is 110 Å². The number of nitro groups is 1. The first-order valence-corrected chi connectivity index (χ1v) is 5.77. The second-order valence-electron chi connectivity index (χ2n) is 4.18. The van der Waals surface area contributed by atoms with Crippen molar-refractivity contribution in [1.82, 2.24) is 15.3 Å². The number of hydrogen-bond donors (Lipinski definition) is 2. The fourth-order valence-electron chi connectivity index (χ4n) is 1.94. The molecule has 1 aliphatic rings. The van der Waals surface area contributed by atoms with Gasteiger partial charge in [0.2, 0.25) is 0 Å². The van der Waals surface area contributed by atoms with E-state index in [4.69, 9.17) is 0 Å². The standard InChI is InChI=1S/C12H9N5O3/c18-12-9-4-8(17(19)20)6-14-11(9)15-10(16-12)7-2-1-3-13-5-7/h1-6,10H,(H,14,15)(H,16,18). The van der Waals surface area contributed by atoms with Gasteiger partial charge in [0, 0.05) is 24.0 Å². The third-order valence-electron chi connectivity index (χ3n) is 2.90. The van der Waals surface area contributed by atoms with Crippen LogP contribution in [0, 0.1) is 10.1 Å². The van der Waals surface area contributed by atoms with Crippen molar-refractivity contribution < 1.29 is 9.72 Å². The first kappa shape index (κ1) is 12.0. The molecule has 20 heavy (non-hydrogen) atoms. The SMILES string of the molecule is O=C1NC(c2cccnc2)Nc2ncc([N+](=O)[O-])cc21. The Labute approximate surface area is 113 Å². The number of amides is 1. The number of rotatable bonds is 2. The largest absolute Gasteiger partial charge is 0.346 e. The van der Waals surface area contributed by atoms with Gasteiger partial charge in [0.15, 0.2) is 0 Å². The van der Waals surface area contributed by atoms with Gasteiger partial charge in [-0.05, 0) is 6.07 Å². The molecule has 0 aromatic carbocycles. The number of nitrogens with one attached hydrogen (secondary N) is 2. The van der Waals surface area contributed by atoms with Gasteiger partial charge in [-0.25, -0.2) is 4.98 Å². The molecule has 0 aliphatic carbocycles. The molecule has 0 radical (unpaired) electrons. The van der Waals surface area contributed by atoms with E-state index in [9.17, 15) is 14.9 Å². The minimum Gasteiger partial charge on any atom is -0.346 e. The number of pyridine rings is 2. The lowest BCUT2D eigenvalue weighted by molar-refractivity contribution is -0.385. The van der Waals surface area contributed by atoms with E-state index in [1.165, 1.54) is 6.07 Å². The molecular weight excluding hydrogens is 262 g/mol. The quantitative estimate of drug-likeness (QED) is 0.628. The molecule has 0 spiro atoms. The Hall–Kier alpha value is -3.03. The van der Waals surface area contributed by atoms with E-state index in [0.29, 0.717) is 5.82 Å². The van der Waals surface area contributed by atoms with Gasteiger partial charge in [-0.2, -0.15) is 0 Å². The zero-order valence-corrected chi connectivity index (χ0v) is 10.1. The lowest BCUT2D eigenvalue weighted by Crippen LogP contribution is -2.39. The lowest BCUT2D eigenvalue weighted by Gasteiger charge is -2.26. The van der Waals surface area contributed by atoms with Crippen LogP contribution < -0.4 is 10.6 Å². The first-order valence-electron chi connectivity index (χ1n) is 5.77. The Morgan fingerprint density at radius 3 is 2.85 bits per heavy atom. The van der Waals surface area contributed by atoms with E-state index < -0.39 is 17.0 Å². The van der Waals surface area contributed by atoms with Crippen LogP contribution in [-0.4, -0.2) is 20.8 Å². The molecule has 8 heteroatoms. The van der Waals surface area contributed by atoms with Crippen LogP contribution in [0.3, 0.4) is 0 Å². The highest BCUT2D eigenvalue weighted by Crippen LogP contribution is 2.26. The van der Waals surface area contributed by atoms with Gasteiger partial charge in [-0.3, -0.25) is 19.9 Å². The van der Waals surface area contributed by atoms with Gasteiger partial charge in [-0.1, -0.05) is 6.07 Å². The number of nitrogens with zero attached hydrogens (tertiary/aromatic N) is 3. The molecule has 3 heterocycles. The second-order valence-corrected chi connectivity index (χ2v) is 4.18. The van der Waals surface area contributed by atoms with Crippen LogP contribution in [0.2, 0.25) is 0 Å². The number of carbonyl (C=O) groups is 1. The van der Waals surface area contributed by atoms with Crippen molar-refractivity contribution in [3.63, 3.8) is 0 Å². The van der Waals surface area contributed by atoms with Gasteiger partial charge < -0.3 is 10.6 Å². The van der Waals surface area contributed by atoms with Crippen LogP contribution in [0.1, 0.15) is 22.1 Å². The van der Waals surface area contributed by atoms with Gasteiger partial charge in [0.25, 0.3) is 11.6 Å². The summed E-state index contributed by atoms with van der Waals surface area (Å²) in [5.74, 6) is -0.1000. The molecule has 1 amide bonds. The predicted octanol–water partition coefficient (Wildman–Crippen LogP) is 1.24. The van der Waals surface area contributed by atoms with Crippen LogP contribution in [0.4, 0.5) is 11.5 Å². The zero-order valence-electron chi connectivity index (χ0n) is 10.1. The molecule has 2 aromatic heterocycles. The van der Waals surface area contributed by atoms with Gasteiger partial charge >= 0.3 is 0 Å².